The van der Waals surface area contributed by atoms with Crippen molar-refractivity contribution in [1.29, 1.82) is 5.26 Å². The quantitative estimate of drug-likeness (QED) is 0.503. The van der Waals surface area contributed by atoms with Gasteiger partial charge >= 0.3 is 0 Å². The molecule has 154 valence electrons. The van der Waals surface area contributed by atoms with Crippen molar-refractivity contribution >= 4 is 21.8 Å². The minimum atomic E-state index is -0.236. The van der Waals surface area contributed by atoms with Crippen molar-refractivity contribution in [2.45, 2.75) is 26.4 Å². The Morgan fingerprint density at radius 3 is 2.69 bits per heavy atom. The van der Waals surface area contributed by atoms with Gasteiger partial charge in [-0.05, 0) is 47.8 Å². The summed E-state index contributed by atoms with van der Waals surface area (Å²) in [5.74, 6) is 0.593. The second-order valence-corrected chi connectivity index (χ2v) is 7.10. The Bertz CT molecular complexity index is 837. The number of hydrogen-bond donors (Lipinski definition) is 1. The summed E-state index contributed by atoms with van der Waals surface area (Å²) >= 11 is 3.36. The van der Waals surface area contributed by atoms with Crippen LogP contribution in [-0.2, 0) is 9.53 Å². The van der Waals surface area contributed by atoms with Crippen molar-refractivity contribution in [2.24, 2.45) is 0 Å². The van der Waals surface area contributed by atoms with Gasteiger partial charge in [-0.1, -0.05) is 30.3 Å². The van der Waals surface area contributed by atoms with E-state index in [1.165, 1.54) is 0 Å². The average molecular weight is 461 g/mol. The van der Waals surface area contributed by atoms with Gasteiger partial charge in [-0.3, -0.25) is 4.79 Å². The number of nitrogens with zero attached hydrogens (tertiary/aromatic N) is 1. The van der Waals surface area contributed by atoms with Crippen molar-refractivity contribution in [1.82, 2.24) is 5.32 Å². The highest BCUT2D eigenvalue weighted by Crippen LogP contribution is 2.36. The Kier molecular flexibility index (Phi) is 9.48. The summed E-state index contributed by atoms with van der Waals surface area (Å²) < 4.78 is 17.5. The van der Waals surface area contributed by atoms with E-state index in [-0.39, 0.29) is 18.6 Å². The number of nitrogens with one attached hydrogen (secondary N) is 1. The Morgan fingerprint density at radius 2 is 2.00 bits per heavy atom. The zero-order valence-electron chi connectivity index (χ0n) is 16.6. The molecule has 0 aliphatic rings. The molecule has 0 heterocycles. The average Bonchev–Trinajstić information content (AvgIpc) is 2.73. The zero-order chi connectivity index (χ0) is 21.1. The van der Waals surface area contributed by atoms with Gasteiger partial charge in [0.05, 0.1) is 28.8 Å². The molecule has 0 saturated heterocycles. The number of nitriles is 1. The molecule has 2 aromatic rings. The first-order valence-corrected chi connectivity index (χ1v) is 10.3. The lowest BCUT2D eigenvalue weighted by Gasteiger charge is -2.15. The van der Waals surface area contributed by atoms with E-state index in [1.54, 1.807) is 12.1 Å². The number of hydrogen-bond acceptors (Lipinski definition) is 5. The van der Waals surface area contributed by atoms with Gasteiger partial charge < -0.3 is 19.5 Å². The van der Waals surface area contributed by atoms with Crippen LogP contribution in [0.4, 0.5) is 0 Å². The lowest BCUT2D eigenvalue weighted by molar-refractivity contribution is -0.123. The molecule has 0 aromatic heterocycles. The van der Waals surface area contributed by atoms with Crippen molar-refractivity contribution in [3.05, 3.63) is 58.1 Å². The SMILES string of the molecule is CCOc1cc(C#N)cc(Br)c1OCC(=O)NCCCOC(C)c1ccccc1. The lowest BCUT2D eigenvalue weighted by atomic mass is 10.1. The van der Waals surface area contributed by atoms with Gasteiger partial charge in [-0.25, -0.2) is 0 Å². The maximum absolute atomic E-state index is 12.1. The zero-order valence-corrected chi connectivity index (χ0v) is 18.2. The molecule has 29 heavy (non-hydrogen) atoms. The van der Waals surface area contributed by atoms with Crippen LogP contribution in [0.25, 0.3) is 0 Å². The summed E-state index contributed by atoms with van der Waals surface area (Å²) in [6.07, 6.45) is 0.717. The van der Waals surface area contributed by atoms with Crippen molar-refractivity contribution in [2.75, 3.05) is 26.4 Å². The molecule has 0 spiro atoms. The van der Waals surface area contributed by atoms with Crippen LogP contribution < -0.4 is 14.8 Å². The second kappa shape index (κ2) is 12.1. The van der Waals surface area contributed by atoms with E-state index in [0.29, 0.717) is 47.7 Å². The number of ether oxygens (including phenoxy) is 3. The maximum Gasteiger partial charge on any atom is 0.257 e. The molecule has 1 atom stereocenters. The minimum absolute atomic E-state index is 0.0148. The van der Waals surface area contributed by atoms with E-state index in [9.17, 15) is 4.79 Å². The molecular formula is C22H25BrN2O4. The molecule has 0 bridgehead atoms. The van der Waals surface area contributed by atoms with Crippen molar-refractivity contribution < 1.29 is 19.0 Å². The van der Waals surface area contributed by atoms with Gasteiger partial charge in [0.15, 0.2) is 18.1 Å². The monoisotopic (exact) mass is 460 g/mol. The van der Waals surface area contributed by atoms with Gasteiger partial charge in [0, 0.05) is 19.2 Å². The fourth-order valence-corrected chi connectivity index (χ4v) is 3.16. The van der Waals surface area contributed by atoms with Crippen molar-refractivity contribution in [3.63, 3.8) is 0 Å². The molecule has 1 unspecified atom stereocenters. The molecule has 0 aliphatic carbocycles. The number of halogens is 1. The normalized spacial score (nSPS) is 11.4. The van der Waals surface area contributed by atoms with Crippen molar-refractivity contribution in [3.8, 4) is 17.6 Å². The number of rotatable bonds is 11. The molecule has 0 fully saturated rings. The van der Waals surface area contributed by atoms with Crippen LogP contribution in [0.1, 0.15) is 37.5 Å². The van der Waals surface area contributed by atoms with Gasteiger partial charge in [0.2, 0.25) is 0 Å². The second-order valence-electron chi connectivity index (χ2n) is 6.25. The van der Waals surface area contributed by atoms with Crippen LogP contribution in [0, 0.1) is 11.3 Å². The van der Waals surface area contributed by atoms with E-state index in [0.717, 1.165) is 5.56 Å². The molecular weight excluding hydrogens is 436 g/mol. The third-order valence-electron chi connectivity index (χ3n) is 4.07. The first-order chi connectivity index (χ1) is 14.0. The van der Waals surface area contributed by atoms with E-state index >= 15 is 0 Å². The molecule has 0 saturated carbocycles. The molecule has 6 nitrogen and oxygen atoms in total. The molecule has 2 rings (SSSR count). The third-order valence-corrected chi connectivity index (χ3v) is 4.66. The number of carbonyl (C=O) groups is 1. The summed E-state index contributed by atoms with van der Waals surface area (Å²) in [4.78, 5) is 12.1. The molecule has 1 N–H and O–H groups in total. The summed E-state index contributed by atoms with van der Waals surface area (Å²) in [6, 6.07) is 15.3. The third kappa shape index (κ3) is 7.41. The van der Waals surface area contributed by atoms with Gasteiger partial charge in [0.25, 0.3) is 5.91 Å². The Hall–Kier alpha value is -2.56. The lowest BCUT2D eigenvalue weighted by Crippen LogP contribution is -2.30. The molecule has 0 aliphatic heterocycles. The Balaban J connectivity index is 1.73. The van der Waals surface area contributed by atoms with Gasteiger partial charge in [-0.15, -0.1) is 0 Å². The molecule has 2 aromatic carbocycles. The largest absolute Gasteiger partial charge is 0.490 e. The summed E-state index contributed by atoms with van der Waals surface area (Å²) in [5.41, 5.74) is 1.57. The maximum atomic E-state index is 12.1. The molecule has 7 heteroatoms. The van der Waals surface area contributed by atoms with E-state index in [1.807, 2.05) is 44.2 Å². The molecule has 1 amide bonds. The fourth-order valence-electron chi connectivity index (χ4n) is 2.60. The topological polar surface area (TPSA) is 80.6 Å². The van der Waals surface area contributed by atoms with Crippen LogP contribution >= 0.6 is 15.9 Å². The highest BCUT2D eigenvalue weighted by Gasteiger charge is 2.14. The predicted octanol–water partition coefficient (Wildman–Crippen LogP) is 4.38. The van der Waals surface area contributed by atoms with E-state index < -0.39 is 0 Å². The van der Waals surface area contributed by atoms with Crippen LogP contribution in [0.2, 0.25) is 0 Å². The highest BCUT2D eigenvalue weighted by atomic mass is 79.9. The summed E-state index contributed by atoms with van der Waals surface area (Å²) in [7, 11) is 0. The Morgan fingerprint density at radius 1 is 1.24 bits per heavy atom. The van der Waals surface area contributed by atoms with Gasteiger partial charge in [0.1, 0.15) is 0 Å². The van der Waals surface area contributed by atoms with Crippen LogP contribution in [0.15, 0.2) is 46.9 Å². The summed E-state index contributed by atoms with van der Waals surface area (Å²) in [5, 5.41) is 11.9. The first kappa shape index (κ1) is 22.7. The van der Waals surface area contributed by atoms with E-state index in [4.69, 9.17) is 19.5 Å². The van der Waals surface area contributed by atoms with Crippen LogP contribution in [0.5, 0.6) is 11.5 Å². The highest BCUT2D eigenvalue weighted by molar-refractivity contribution is 9.10. The summed E-state index contributed by atoms with van der Waals surface area (Å²) in [6.45, 7) is 5.16. The number of amides is 1. The Labute approximate surface area is 179 Å². The van der Waals surface area contributed by atoms with Gasteiger partial charge in [-0.2, -0.15) is 5.26 Å². The smallest absolute Gasteiger partial charge is 0.257 e. The molecule has 0 radical (unpaired) electrons. The van der Waals surface area contributed by atoms with Crippen LogP contribution in [0.3, 0.4) is 0 Å². The minimum Gasteiger partial charge on any atom is -0.490 e. The standard InChI is InChI=1S/C22H25BrN2O4/c1-3-27-20-13-17(14-24)12-19(23)22(20)29-15-21(26)25-10-7-11-28-16(2)18-8-5-4-6-9-18/h4-6,8-9,12-13,16H,3,7,10-11,15H2,1-2H3,(H,25,26). The van der Waals surface area contributed by atoms with E-state index in [2.05, 4.69) is 27.3 Å². The fraction of sp³-hybridized carbons (Fsp3) is 0.364. The number of carbonyl (C=O) groups excluding carboxylic acids is 1. The van der Waals surface area contributed by atoms with Crippen LogP contribution in [-0.4, -0.2) is 32.3 Å². The predicted molar refractivity (Wildman–Crippen MR) is 114 cm³/mol. The first-order valence-electron chi connectivity index (χ1n) is 9.47. The number of benzene rings is 2.